The maximum atomic E-state index is 12.4. The fourth-order valence-corrected chi connectivity index (χ4v) is 5.06. The summed E-state index contributed by atoms with van der Waals surface area (Å²) in [6.45, 7) is 6.52. The van der Waals surface area contributed by atoms with Crippen molar-refractivity contribution in [3.8, 4) is 0 Å². The number of benzene rings is 1. The summed E-state index contributed by atoms with van der Waals surface area (Å²) in [7, 11) is 0. The highest BCUT2D eigenvalue weighted by atomic mass is 32.1. The minimum Gasteiger partial charge on any atom is -0.461 e. The van der Waals surface area contributed by atoms with Crippen LogP contribution < -0.4 is 5.32 Å². The molecule has 3 amide bonds. The predicted molar refractivity (Wildman–Crippen MR) is 144 cm³/mol. The molecule has 37 heavy (non-hydrogen) atoms. The van der Waals surface area contributed by atoms with Gasteiger partial charge >= 0.3 is 5.97 Å². The first-order chi connectivity index (χ1) is 17.8. The molecule has 1 N–H and O–H groups in total. The molecule has 0 unspecified atom stereocenters. The molecule has 0 aliphatic carbocycles. The number of hydrogen-bond donors (Lipinski definition) is 1. The Labute approximate surface area is 222 Å². The number of ether oxygens (including phenoxy) is 1. The molecule has 3 rings (SSSR count). The average Bonchev–Trinajstić information content (AvgIpc) is 3.35. The first kappa shape index (κ1) is 28.5. The van der Waals surface area contributed by atoms with E-state index < -0.39 is 5.97 Å². The molecule has 8 nitrogen and oxygen atoms in total. The molecule has 9 heteroatoms. The lowest BCUT2D eigenvalue weighted by molar-refractivity contribution is -0.116. The van der Waals surface area contributed by atoms with Crippen molar-refractivity contribution < 1.29 is 23.9 Å². The van der Waals surface area contributed by atoms with Gasteiger partial charge in [-0.05, 0) is 37.8 Å². The Balaban J connectivity index is 1.21. The number of carbonyl (C=O) groups excluding carboxylic acids is 4. The lowest BCUT2D eigenvalue weighted by Crippen LogP contribution is -2.30. The van der Waals surface area contributed by atoms with E-state index in [1.54, 1.807) is 31.2 Å². The molecule has 1 aromatic carbocycles. The molecule has 0 radical (unpaired) electrons. The number of nitrogens with one attached hydrogen (secondary N) is 1. The molecule has 2 aromatic rings. The number of unbranched alkanes of at least 4 members (excludes halogenated alkanes) is 7. The van der Waals surface area contributed by atoms with Gasteiger partial charge in [-0.3, -0.25) is 19.3 Å². The first-order valence-electron chi connectivity index (χ1n) is 13.2. The highest BCUT2D eigenvalue weighted by molar-refractivity contribution is 7.17. The van der Waals surface area contributed by atoms with Crippen LogP contribution in [0.1, 0.15) is 108 Å². The van der Waals surface area contributed by atoms with Crippen molar-refractivity contribution in [3.05, 3.63) is 46.0 Å². The first-order valence-corrected chi connectivity index (χ1v) is 14.0. The highest BCUT2D eigenvalue weighted by Crippen LogP contribution is 2.25. The van der Waals surface area contributed by atoms with E-state index in [4.69, 9.17) is 4.74 Å². The van der Waals surface area contributed by atoms with Crippen molar-refractivity contribution in [2.24, 2.45) is 5.92 Å². The zero-order valence-electron chi connectivity index (χ0n) is 22.0. The number of nitrogens with zero attached hydrogens (tertiary/aromatic N) is 2. The second-order valence-electron chi connectivity index (χ2n) is 9.86. The number of amides is 3. The molecule has 1 aliphatic rings. The number of imide groups is 1. The molecule has 0 saturated heterocycles. The number of rotatable bonds is 15. The maximum Gasteiger partial charge on any atom is 0.350 e. The molecule has 0 saturated carbocycles. The lowest BCUT2D eigenvalue weighted by Gasteiger charge is -2.13. The molecule has 1 aromatic heterocycles. The summed E-state index contributed by atoms with van der Waals surface area (Å²) >= 11 is 1.15. The minimum absolute atomic E-state index is 0.0935. The molecule has 0 bridgehead atoms. The molecular weight excluding hydrogens is 490 g/mol. The summed E-state index contributed by atoms with van der Waals surface area (Å²) < 4.78 is 5.26. The fourth-order valence-electron chi connectivity index (χ4n) is 4.19. The Morgan fingerprint density at radius 1 is 0.946 bits per heavy atom. The van der Waals surface area contributed by atoms with Gasteiger partial charge in [0.25, 0.3) is 11.8 Å². The zero-order chi connectivity index (χ0) is 26.8. The summed E-state index contributed by atoms with van der Waals surface area (Å²) in [4.78, 5) is 55.2. The Bertz CT molecular complexity index is 1080. The lowest BCUT2D eigenvalue weighted by atomic mass is 10.1. The van der Waals surface area contributed by atoms with Crippen LogP contribution >= 0.6 is 11.3 Å². The smallest absolute Gasteiger partial charge is 0.350 e. The van der Waals surface area contributed by atoms with Gasteiger partial charge < -0.3 is 10.1 Å². The quantitative estimate of drug-likeness (QED) is 0.173. The Hall–Kier alpha value is -3.07. The van der Waals surface area contributed by atoms with Crippen molar-refractivity contribution in [1.82, 2.24) is 9.88 Å². The molecule has 200 valence electrons. The summed E-state index contributed by atoms with van der Waals surface area (Å²) in [5, 5.41) is 3.22. The largest absolute Gasteiger partial charge is 0.461 e. The van der Waals surface area contributed by atoms with Gasteiger partial charge in [-0.1, -0.05) is 75.8 Å². The topological polar surface area (TPSA) is 106 Å². The highest BCUT2D eigenvalue weighted by Gasteiger charge is 2.34. The van der Waals surface area contributed by atoms with Gasteiger partial charge in [0.2, 0.25) is 5.91 Å². The van der Waals surface area contributed by atoms with Gasteiger partial charge in [0.15, 0.2) is 5.13 Å². The van der Waals surface area contributed by atoms with Crippen LogP contribution in [0.4, 0.5) is 5.13 Å². The summed E-state index contributed by atoms with van der Waals surface area (Å²) in [5.41, 5.74) is 1.58. The number of aryl methyl sites for hydroxylation is 1. The SMILES string of the molecule is Cc1nc(NC(=O)CCCCCCCCCCN2C(=O)c3ccccc3C2=O)sc1C(=O)OCC(C)C. The van der Waals surface area contributed by atoms with Gasteiger partial charge in [0.1, 0.15) is 4.88 Å². The minimum atomic E-state index is -0.396. The molecule has 0 fully saturated rings. The second-order valence-corrected chi connectivity index (χ2v) is 10.9. The van der Waals surface area contributed by atoms with E-state index >= 15 is 0 Å². The number of fused-ring (bicyclic) bond motifs is 1. The van der Waals surface area contributed by atoms with Crippen molar-refractivity contribution in [3.63, 3.8) is 0 Å². The molecule has 1 aliphatic heterocycles. The number of thiazole rings is 1. The second kappa shape index (κ2) is 14.0. The molecule has 0 spiro atoms. The van der Waals surface area contributed by atoms with Crippen molar-refractivity contribution in [1.29, 1.82) is 0 Å². The van der Waals surface area contributed by atoms with E-state index in [2.05, 4.69) is 10.3 Å². The fraction of sp³-hybridized carbons (Fsp3) is 0.536. The number of hydrogen-bond acceptors (Lipinski definition) is 7. The van der Waals surface area contributed by atoms with Crippen LogP contribution in [0.15, 0.2) is 24.3 Å². The summed E-state index contributed by atoms with van der Waals surface area (Å²) in [6, 6.07) is 6.99. The maximum absolute atomic E-state index is 12.4. The van der Waals surface area contributed by atoms with Crippen LogP contribution in [0.3, 0.4) is 0 Å². The van der Waals surface area contributed by atoms with Gasteiger partial charge in [-0.15, -0.1) is 0 Å². The normalized spacial score (nSPS) is 12.8. The Morgan fingerprint density at radius 3 is 2.11 bits per heavy atom. The van der Waals surface area contributed by atoms with Crippen LogP contribution in [-0.4, -0.2) is 46.7 Å². The van der Waals surface area contributed by atoms with Crippen LogP contribution in [0.2, 0.25) is 0 Å². The van der Waals surface area contributed by atoms with Crippen molar-refractivity contribution >= 4 is 40.2 Å². The Morgan fingerprint density at radius 2 is 1.51 bits per heavy atom. The monoisotopic (exact) mass is 527 g/mol. The molecular formula is C28H37N3O5S. The van der Waals surface area contributed by atoms with E-state index in [-0.39, 0.29) is 23.6 Å². The number of aromatic nitrogens is 1. The van der Waals surface area contributed by atoms with E-state index in [0.29, 0.717) is 46.4 Å². The van der Waals surface area contributed by atoms with Crippen LogP contribution in [0.25, 0.3) is 0 Å². The van der Waals surface area contributed by atoms with Crippen molar-refractivity contribution in [2.45, 2.75) is 78.6 Å². The van der Waals surface area contributed by atoms with Crippen LogP contribution in [0, 0.1) is 12.8 Å². The molecule has 0 atom stereocenters. The third-order valence-corrected chi connectivity index (χ3v) is 7.24. The summed E-state index contributed by atoms with van der Waals surface area (Å²) in [6.07, 6.45) is 8.33. The third-order valence-electron chi connectivity index (χ3n) is 6.19. The van der Waals surface area contributed by atoms with Crippen molar-refractivity contribution in [2.75, 3.05) is 18.5 Å². The van der Waals surface area contributed by atoms with Gasteiger partial charge in [0, 0.05) is 13.0 Å². The van der Waals surface area contributed by atoms with Crippen LogP contribution in [-0.2, 0) is 9.53 Å². The van der Waals surface area contributed by atoms with E-state index in [0.717, 1.165) is 62.7 Å². The zero-order valence-corrected chi connectivity index (χ0v) is 22.8. The van der Waals surface area contributed by atoms with Gasteiger partial charge in [0.05, 0.1) is 23.4 Å². The van der Waals surface area contributed by atoms with E-state index in [1.807, 2.05) is 13.8 Å². The number of anilines is 1. The molecule has 2 heterocycles. The van der Waals surface area contributed by atoms with E-state index in [9.17, 15) is 19.2 Å². The summed E-state index contributed by atoms with van der Waals surface area (Å²) in [5.74, 6) is -0.593. The van der Waals surface area contributed by atoms with Crippen LogP contribution in [0.5, 0.6) is 0 Å². The third kappa shape index (κ3) is 8.21. The number of esters is 1. The standard InChI is InChI=1S/C28H37N3O5S/c1-19(2)18-36-27(35)24-20(3)29-28(37-24)30-23(32)16-10-8-6-4-5-7-9-13-17-31-25(33)21-14-11-12-15-22(21)26(31)34/h11-12,14-15,19H,4-10,13,16-18H2,1-3H3,(H,29,30,32). The van der Waals surface area contributed by atoms with Gasteiger partial charge in [-0.2, -0.15) is 0 Å². The average molecular weight is 528 g/mol. The predicted octanol–water partition coefficient (Wildman–Crippen LogP) is 6.01. The number of carbonyl (C=O) groups is 4. The Kier molecular flexibility index (Phi) is 10.8. The van der Waals surface area contributed by atoms with Gasteiger partial charge in [-0.25, -0.2) is 9.78 Å². The van der Waals surface area contributed by atoms with E-state index in [1.165, 1.54) is 4.90 Å².